The second-order valence-electron chi connectivity index (χ2n) is 5.95. The van der Waals surface area contributed by atoms with Gasteiger partial charge >= 0.3 is 5.97 Å². The van der Waals surface area contributed by atoms with Gasteiger partial charge in [-0.2, -0.15) is 11.8 Å². The molecule has 7 heteroatoms. The third-order valence-corrected chi connectivity index (χ3v) is 4.58. The van der Waals surface area contributed by atoms with Gasteiger partial charge in [0.2, 0.25) is 0 Å². The van der Waals surface area contributed by atoms with Crippen molar-refractivity contribution in [2.45, 2.75) is 6.54 Å². The number of thioether (sulfide) groups is 1. The molecule has 0 unspecified atom stereocenters. The maximum absolute atomic E-state index is 12.1. The smallest absolute Gasteiger partial charge is 0.338 e. The van der Waals surface area contributed by atoms with E-state index in [1.54, 1.807) is 36.4 Å². The molecule has 3 rings (SSSR count). The Balaban J connectivity index is 1.73. The largest absolute Gasteiger partial charge is 0.461 e. The van der Waals surface area contributed by atoms with Crippen LogP contribution in [0.4, 0.5) is 17.1 Å². The van der Waals surface area contributed by atoms with Gasteiger partial charge in [-0.1, -0.05) is 18.2 Å². The predicted molar refractivity (Wildman–Crippen MR) is 111 cm³/mol. The van der Waals surface area contributed by atoms with Crippen molar-refractivity contribution in [2.24, 2.45) is 0 Å². The normalized spacial score (nSPS) is 10.6. The molecule has 0 saturated carbocycles. The summed E-state index contributed by atoms with van der Waals surface area (Å²) in [6.45, 7) is 1.05. The lowest BCUT2D eigenvalue weighted by Crippen LogP contribution is -2.08. The topological polar surface area (TPSA) is 82.2 Å². The average molecular weight is 382 g/mol. The monoisotopic (exact) mass is 382 g/mol. The first-order valence-electron chi connectivity index (χ1n) is 8.53. The fourth-order valence-corrected chi connectivity index (χ4v) is 2.87. The maximum atomic E-state index is 12.1. The molecule has 1 aromatic heterocycles. The first-order chi connectivity index (χ1) is 13.2. The van der Waals surface area contributed by atoms with Gasteiger partial charge in [-0.15, -0.1) is 0 Å². The molecule has 2 aromatic carbocycles. The first kappa shape index (κ1) is 18.8. The fourth-order valence-electron chi connectivity index (χ4n) is 2.62. The van der Waals surface area contributed by atoms with Crippen LogP contribution in [0.2, 0.25) is 0 Å². The second kappa shape index (κ2) is 9.14. The van der Waals surface area contributed by atoms with Crippen LogP contribution in [0.25, 0.3) is 0 Å². The molecule has 0 aliphatic heterocycles. The summed E-state index contributed by atoms with van der Waals surface area (Å²) in [7, 11) is 0. The molecule has 0 bridgehead atoms. The number of ether oxygens (including phenoxy) is 1. The molecule has 1 heterocycles. The number of nitrogens with two attached hydrogens (primary N) is 1. The lowest BCUT2D eigenvalue weighted by atomic mass is 10.1. The maximum Gasteiger partial charge on any atom is 0.338 e. The third-order valence-electron chi connectivity index (χ3n) is 4.01. The molecule has 27 heavy (non-hydrogen) atoms. The molecule has 3 N–H and O–H groups in total. The van der Waals surface area contributed by atoms with Crippen molar-refractivity contribution in [3.63, 3.8) is 0 Å². The highest BCUT2D eigenvalue weighted by molar-refractivity contribution is 7.98. The zero-order valence-electron chi connectivity index (χ0n) is 15.1. The number of imidazole rings is 1. The van der Waals surface area contributed by atoms with Crippen molar-refractivity contribution < 1.29 is 9.53 Å². The van der Waals surface area contributed by atoms with Gasteiger partial charge in [0.25, 0.3) is 0 Å². The van der Waals surface area contributed by atoms with Crippen molar-refractivity contribution in [1.29, 1.82) is 0 Å². The summed E-state index contributed by atoms with van der Waals surface area (Å²) in [5, 5.41) is 3.29. The van der Waals surface area contributed by atoms with Crippen LogP contribution in [0.3, 0.4) is 0 Å². The Hall–Kier alpha value is -2.93. The highest BCUT2D eigenvalue weighted by Gasteiger charge is 2.10. The summed E-state index contributed by atoms with van der Waals surface area (Å²) >= 11 is 1.64. The standard InChI is InChI=1S/C20H22N4O2S/c1-27-11-10-26-20(25)15-4-2-6-17(12-15)23-18-7-3-5-16(19(18)21)13-24-9-8-22-14-24/h2-9,12,14,23H,10-11,13,21H2,1H3. The number of para-hydroxylation sites is 1. The van der Waals surface area contributed by atoms with Crippen LogP contribution in [0.1, 0.15) is 15.9 Å². The number of nitrogen functional groups attached to an aromatic ring is 1. The summed E-state index contributed by atoms with van der Waals surface area (Å²) < 4.78 is 7.21. The zero-order chi connectivity index (χ0) is 19.1. The molecule has 0 aliphatic carbocycles. The predicted octanol–water partition coefficient (Wildman–Crippen LogP) is 3.78. The number of nitrogens with zero attached hydrogens (tertiary/aromatic N) is 2. The van der Waals surface area contributed by atoms with Gasteiger partial charge in [-0.3, -0.25) is 0 Å². The molecule has 0 fully saturated rings. The summed E-state index contributed by atoms with van der Waals surface area (Å²) in [4.78, 5) is 16.2. The van der Waals surface area contributed by atoms with Crippen molar-refractivity contribution in [1.82, 2.24) is 9.55 Å². The molecular formula is C20H22N4O2S. The van der Waals surface area contributed by atoms with E-state index in [1.165, 1.54) is 0 Å². The molecule has 0 radical (unpaired) electrons. The number of aromatic nitrogens is 2. The molecule has 0 aliphatic rings. The summed E-state index contributed by atoms with van der Waals surface area (Å²) in [5.41, 5.74) is 10.1. The van der Waals surface area contributed by atoms with Gasteiger partial charge in [0.05, 0.1) is 29.8 Å². The van der Waals surface area contributed by atoms with Crippen LogP contribution in [0.15, 0.2) is 61.2 Å². The average Bonchev–Trinajstić information content (AvgIpc) is 3.18. The van der Waals surface area contributed by atoms with Crippen LogP contribution in [0.5, 0.6) is 0 Å². The molecule has 0 amide bonds. The Kier molecular flexibility index (Phi) is 6.38. The molecule has 6 nitrogen and oxygen atoms in total. The van der Waals surface area contributed by atoms with Gasteiger partial charge < -0.3 is 20.4 Å². The highest BCUT2D eigenvalue weighted by Crippen LogP contribution is 2.27. The van der Waals surface area contributed by atoms with Crippen molar-refractivity contribution in [2.75, 3.05) is 29.7 Å². The number of carbonyl (C=O) groups excluding carboxylic acids is 1. The van der Waals surface area contributed by atoms with Crippen LogP contribution in [0, 0.1) is 0 Å². The van der Waals surface area contributed by atoms with Crippen LogP contribution in [-0.2, 0) is 11.3 Å². The van der Waals surface area contributed by atoms with E-state index in [9.17, 15) is 4.79 Å². The van der Waals surface area contributed by atoms with E-state index in [0.717, 1.165) is 22.7 Å². The molecule has 3 aromatic rings. The zero-order valence-corrected chi connectivity index (χ0v) is 15.9. The molecule has 0 spiro atoms. The van der Waals surface area contributed by atoms with Gasteiger partial charge in [0.15, 0.2) is 0 Å². The van der Waals surface area contributed by atoms with E-state index >= 15 is 0 Å². The van der Waals surface area contributed by atoms with Gasteiger partial charge in [-0.25, -0.2) is 9.78 Å². The van der Waals surface area contributed by atoms with E-state index in [2.05, 4.69) is 10.3 Å². The minimum Gasteiger partial charge on any atom is -0.461 e. The van der Waals surface area contributed by atoms with Gasteiger partial charge in [-0.05, 0) is 36.1 Å². The van der Waals surface area contributed by atoms with Crippen LogP contribution in [-0.4, -0.2) is 34.1 Å². The second-order valence-corrected chi connectivity index (χ2v) is 6.93. The number of hydrogen-bond donors (Lipinski definition) is 2. The number of hydrogen-bond acceptors (Lipinski definition) is 6. The quantitative estimate of drug-likeness (QED) is 0.351. The van der Waals surface area contributed by atoms with Crippen molar-refractivity contribution >= 4 is 34.8 Å². The number of esters is 1. The van der Waals surface area contributed by atoms with Gasteiger partial charge in [0, 0.05) is 23.8 Å². The van der Waals surface area contributed by atoms with Crippen molar-refractivity contribution in [3.05, 3.63) is 72.3 Å². The number of carbonyl (C=O) groups is 1. The summed E-state index contributed by atoms with van der Waals surface area (Å²) in [5.74, 6) is 0.457. The fraction of sp³-hybridized carbons (Fsp3) is 0.200. The summed E-state index contributed by atoms with van der Waals surface area (Å²) in [6.07, 6.45) is 7.36. The number of nitrogens with one attached hydrogen (secondary N) is 1. The number of anilines is 3. The highest BCUT2D eigenvalue weighted by atomic mass is 32.2. The Morgan fingerprint density at radius 3 is 2.93 bits per heavy atom. The third kappa shape index (κ3) is 5.04. The Bertz CT molecular complexity index is 897. The number of rotatable bonds is 8. The minimum atomic E-state index is -0.325. The van der Waals surface area contributed by atoms with Crippen molar-refractivity contribution in [3.8, 4) is 0 Å². The van der Waals surface area contributed by atoms with E-state index in [4.69, 9.17) is 10.5 Å². The van der Waals surface area contributed by atoms with E-state index in [-0.39, 0.29) is 5.97 Å². The Morgan fingerprint density at radius 1 is 1.30 bits per heavy atom. The molecule has 0 saturated heterocycles. The Labute approximate surface area is 162 Å². The SMILES string of the molecule is CSCCOC(=O)c1cccc(Nc2cccc(Cn3ccnc3)c2N)c1. The van der Waals surface area contributed by atoms with Gasteiger partial charge in [0.1, 0.15) is 6.61 Å². The van der Waals surface area contributed by atoms with Crippen LogP contribution < -0.4 is 11.1 Å². The minimum absolute atomic E-state index is 0.325. The molecule has 0 atom stereocenters. The molecule has 140 valence electrons. The lowest BCUT2D eigenvalue weighted by Gasteiger charge is -2.14. The van der Waals surface area contributed by atoms with Crippen LogP contribution >= 0.6 is 11.8 Å². The lowest BCUT2D eigenvalue weighted by molar-refractivity contribution is 0.0530. The van der Waals surface area contributed by atoms with E-state index in [1.807, 2.05) is 47.4 Å². The van der Waals surface area contributed by atoms with E-state index in [0.29, 0.717) is 24.4 Å². The Morgan fingerprint density at radius 2 is 2.15 bits per heavy atom. The number of benzene rings is 2. The van der Waals surface area contributed by atoms with E-state index < -0.39 is 0 Å². The summed E-state index contributed by atoms with van der Waals surface area (Å²) in [6, 6.07) is 13.1. The molecular weight excluding hydrogens is 360 g/mol. The first-order valence-corrected chi connectivity index (χ1v) is 9.93.